The fraction of sp³-hybridized carbons (Fsp3) is 0.474. The molecule has 1 N–H and O–H groups in total. The molecule has 0 atom stereocenters. The van der Waals surface area contributed by atoms with Crippen LogP contribution in [0.4, 0.5) is 11.4 Å². The fourth-order valence-electron chi connectivity index (χ4n) is 2.45. The van der Waals surface area contributed by atoms with Gasteiger partial charge in [0, 0.05) is 11.1 Å². The van der Waals surface area contributed by atoms with Gasteiger partial charge in [-0.1, -0.05) is 18.7 Å². The second-order valence-corrected chi connectivity index (χ2v) is 7.70. The normalized spacial score (nSPS) is 13.8. The molecule has 0 aromatic heterocycles. The van der Waals surface area contributed by atoms with Crippen molar-refractivity contribution < 1.29 is 14.7 Å². The van der Waals surface area contributed by atoms with Crippen molar-refractivity contribution in [2.75, 3.05) is 16.5 Å². The second kappa shape index (κ2) is 7.07. The summed E-state index contributed by atoms with van der Waals surface area (Å²) in [4.78, 5) is 24.3. The predicted molar refractivity (Wildman–Crippen MR) is 98.6 cm³/mol. The highest BCUT2D eigenvalue weighted by Gasteiger charge is 2.36. The molecule has 0 aliphatic carbocycles. The average Bonchev–Trinajstić information content (AvgIpc) is 2.86. The minimum absolute atomic E-state index is 0.163. The number of rotatable bonds is 2. The van der Waals surface area contributed by atoms with E-state index in [1.54, 1.807) is 0 Å². The van der Waals surface area contributed by atoms with Gasteiger partial charge in [0.1, 0.15) is 0 Å². The summed E-state index contributed by atoms with van der Waals surface area (Å²) in [6.45, 7) is 17.6. The lowest BCUT2D eigenvalue weighted by atomic mass is 10.1. The van der Waals surface area contributed by atoms with Crippen LogP contribution in [0.3, 0.4) is 0 Å². The monoisotopic (exact) mass is 332 g/mol. The summed E-state index contributed by atoms with van der Waals surface area (Å²) in [5.41, 5.74) is 3.04. The van der Waals surface area contributed by atoms with E-state index in [2.05, 4.69) is 82.2 Å². The molecule has 24 heavy (non-hydrogen) atoms. The van der Waals surface area contributed by atoms with E-state index in [4.69, 9.17) is 5.11 Å². The zero-order valence-electron chi connectivity index (χ0n) is 15.5. The van der Waals surface area contributed by atoms with Gasteiger partial charge in [-0.3, -0.25) is 4.79 Å². The van der Waals surface area contributed by atoms with Gasteiger partial charge < -0.3 is 14.9 Å². The number of aliphatic carboxylic acids is 1. The predicted octanol–water partition coefficient (Wildman–Crippen LogP) is 3.69. The highest BCUT2D eigenvalue weighted by molar-refractivity contribution is 6.37. The third kappa shape index (κ3) is 4.60. The molecule has 2 rings (SSSR count). The van der Waals surface area contributed by atoms with E-state index in [0.717, 1.165) is 12.7 Å². The first kappa shape index (κ1) is 19.7. The van der Waals surface area contributed by atoms with Crippen LogP contribution in [0.25, 0.3) is 0 Å². The summed E-state index contributed by atoms with van der Waals surface area (Å²) >= 11 is 0. The molecule has 1 aromatic rings. The van der Waals surface area contributed by atoms with Gasteiger partial charge in [-0.2, -0.15) is 0 Å². The maximum Gasteiger partial charge on any atom is 0.376 e. The third-order valence-electron chi connectivity index (χ3n) is 3.76. The molecule has 0 spiro atoms. The van der Waals surface area contributed by atoms with Crippen LogP contribution in [-0.2, 0) is 9.59 Å². The second-order valence-electron chi connectivity index (χ2n) is 7.70. The summed E-state index contributed by atoms with van der Waals surface area (Å²) in [5.74, 6) is -2.44. The molecule has 0 bridgehead atoms. The largest absolute Gasteiger partial charge is 0.475 e. The minimum atomic E-state index is -1.46. The van der Waals surface area contributed by atoms with Crippen molar-refractivity contribution >= 4 is 23.1 Å². The molecule has 1 aliphatic rings. The van der Waals surface area contributed by atoms with E-state index in [0.29, 0.717) is 0 Å². The van der Waals surface area contributed by atoms with Crippen LogP contribution in [0.15, 0.2) is 36.9 Å². The van der Waals surface area contributed by atoms with E-state index in [9.17, 15) is 9.59 Å². The number of ketones is 1. The molecular weight excluding hydrogens is 304 g/mol. The van der Waals surface area contributed by atoms with Crippen molar-refractivity contribution in [2.24, 2.45) is 0 Å². The average molecular weight is 332 g/mol. The number of carboxylic acid groups (broad SMARTS) is 1. The zero-order valence-corrected chi connectivity index (χ0v) is 15.5. The highest BCUT2D eigenvalue weighted by atomic mass is 16.4. The number of anilines is 2. The lowest BCUT2D eigenvalue weighted by Crippen LogP contribution is -2.48. The first-order chi connectivity index (χ1) is 10.9. The number of carboxylic acids is 1. The molecule has 132 valence electrons. The van der Waals surface area contributed by atoms with Gasteiger partial charge in [0.15, 0.2) is 0 Å². The van der Waals surface area contributed by atoms with Crippen LogP contribution < -0.4 is 9.80 Å². The molecule has 0 saturated heterocycles. The third-order valence-corrected chi connectivity index (χ3v) is 3.76. The van der Waals surface area contributed by atoms with Gasteiger partial charge in [-0.05, 0) is 59.8 Å². The first-order valence-corrected chi connectivity index (χ1v) is 7.93. The van der Waals surface area contributed by atoms with Crippen LogP contribution in [-0.4, -0.2) is 34.6 Å². The number of benzene rings is 1. The molecule has 0 saturated carbocycles. The molecule has 5 nitrogen and oxygen atoms in total. The van der Waals surface area contributed by atoms with Crippen molar-refractivity contribution in [1.82, 2.24) is 0 Å². The van der Waals surface area contributed by atoms with Gasteiger partial charge in [0.25, 0.3) is 5.78 Å². The Bertz CT molecular complexity index is 585. The van der Waals surface area contributed by atoms with E-state index in [1.165, 1.54) is 11.4 Å². The number of carbonyl (C=O) groups is 2. The Morgan fingerprint density at radius 1 is 1.00 bits per heavy atom. The van der Waals surface area contributed by atoms with Crippen molar-refractivity contribution in [3.8, 4) is 0 Å². The van der Waals surface area contributed by atoms with Gasteiger partial charge in [0.2, 0.25) is 0 Å². The molecule has 1 heterocycles. The quantitative estimate of drug-likeness (QED) is 0.661. The molecule has 0 amide bonds. The van der Waals surface area contributed by atoms with E-state index >= 15 is 0 Å². The number of nitrogens with zero attached hydrogens (tertiary/aromatic N) is 2. The Hall–Kier alpha value is -2.30. The summed E-state index contributed by atoms with van der Waals surface area (Å²) in [5, 5.41) is 7.76. The van der Waals surface area contributed by atoms with Crippen LogP contribution in [0.1, 0.15) is 41.5 Å². The van der Waals surface area contributed by atoms with Crippen LogP contribution >= 0.6 is 0 Å². The number of carbonyl (C=O) groups excluding carboxylic acids is 1. The molecular formula is C19H28N2O3. The maximum absolute atomic E-state index is 9.79. The van der Waals surface area contributed by atoms with Crippen LogP contribution in [0.2, 0.25) is 0 Å². The Kier molecular flexibility index (Phi) is 5.82. The van der Waals surface area contributed by atoms with E-state index in [-0.39, 0.29) is 11.1 Å². The number of para-hydroxylation sites is 2. The summed E-state index contributed by atoms with van der Waals surface area (Å²) in [6.07, 6.45) is 0.752. The molecule has 1 aliphatic heterocycles. The summed E-state index contributed by atoms with van der Waals surface area (Å²) < 4.78 is 0. The van der Waals surface area contributed by atoms with Crippen molar-refractivity contribution in [3.05, 3.63) is 36.9 Å². The van der Waals surface area contributed by atoms with Gasteiger partial charge >= 0.3 is 5.97 Å². The fourth-order valence-corrected chi connectivity index (χ4v) is 2.45. The zero-order chi connectivity index (χ0) is 18.7. The Labute approximate surface area is 144 Å². The van der Waals surface area contributed by atoms with E-state index < -0.39 is 11.8 Å². The van der Waals surface area contributed by atoms with E-state index in [1.807, 2.05) is 0 Å². The van der Waals surface area contributed by atoms with Gasteiger partial charge in [-0.25, -0.2) is 4.79 Å². The van der Waals surface area contributed by atoms with Crippen molar-refractivity contribution in [2.45, 2.75) is 52.6 Å². The molecule has 5 heteroatoms. The van der Waals surface area contributed by atoms with Gasteiger partial charge in [0.05, 0.1) is 18.0 Å². The van der Waals surface area contributed by atoms with Crippen molar-refractivity contribution in [1.29, 1.82) is 0 Å². The highest BCUT2D eigenvalue weighted by Crippen LogP contribution is 2.42. The number of hydrogen-bond donors (Lipinski definition) is 1. The Morgan fingerprint density at radius 2 is 1.38 bits per heavy atom. The lowest BCUT2D eigenvalue weighted by molar-refractivity contribution is -0.146. The standard InChI is InChI=1S/C15H24N2.C4H4O3/c1-14(2,3)16-11-17(15(4,5)6)13-10-8-7-9-12(13)16;1-2-3(5)4(6)7/h7-10H,11H2,1-6H3;2H,1H2,(H,6,7). The smallest absolute Gasteiger partial charge is 0.376 e. The molecule has 1 aromatic carbocycles. The van der Waals surface area contributed by atoms with Crippen molar-refractivity contribution in [3.63, 3.8) is 0 Å². The number of fused-ring (bicyclic) bond motifs is 1. The summed E-state index contributed by atoms with van der Waals surface area (Å²) in [6, 6.07) is 8.71. The maximum atomic E-state index is 9.79. The SMILES string of the molecule is C=CC(=O)C(=O)O.CC(C)(C)N1CN(C(C)(C)C)c2ccccc21. The van der Waals surface area contributed by atoms with Crippen LogP contribution in [0, 0.1) is 0 Å². The minimum Gasteiger partial charge on any atom is -0.475 e. The number of hydrogen-bond acceptors (Lipinski definition) is 4. The lowest BCUT2D eigenvalue weighted by Gasteiger charge is -2.38. The Morgan fingerprint density at radius 3 is 1.58 bits per heavy atom. The van der Waals surface area contributed by atoms with Gasteiger partial charge in [-0.15, -0.1) is 0 Å². The molecule has 0 radical (unpaired) electrons. The topological polar surface area (TPSA) is 60.9 Å². The molecule has 0 unspecified atom stereocenters. The first-order valence-electron chi connectivity index (χ1n) is 7.93. The summed E-state index contributed by atoms with van der Waals surface area (Å²) in [7, 11) is 0. The van der Waals surface area contributed by atoms with Crippen LogP contribution in [0.5, 0.6) is 0 Å². The Balaban J connectivity index is 0.000000351. The molecule has 0 fully saturated rings.